The number of alkyl halides is 3. The zero-order valence-electron chi connectivity index (χ0n) is 16.2. The molecule has 4 heterocycles. The average Bonchev–Trinajstić information content (AvgIpc) is 3.50. The molecule has 158 valence electrons. The van der Waals surface area contributed by atoms with Gasteiger partial charge in [-0.3, -0.25) is 4.79 Å². The van der Waals surface area contributed by atoms with Crippen molar-refractivity contribution in [2.24, 2.45) is 0 Å². The lowest BCUT2D eigenvalue weighted by Gasteiger charge is -2.23. The smallest absolute Gasteiger partial charge is 0.449 e. The molecule has 3 aliphatic heterocycles. The van der Waals surface area contributed by atoms with Crippen LogP contribution in [0.3, 0.4) is 0 Å². The maximum atomic E-state index is 13.8. The lowest BCUT2D eigenvalue weighted by atomic mass is 9.77. The summed E-state index contributed by atoms with van der Waals surface area (Å²) in [6.45, 7) is 0.607. The highest BCUT2D eigenvalue weighted by molar-refractivity contribution is 6.11. The zero-order chi connectivity index (χ0) is 21.4. The van der Waals surface area contributed by atoms with E-state index in [2.05, 4.69) is 0 Å². The molecule has 1 aromatic heterocycles. The maximum Gasteiger partial charge on any atom is 0.449 e. The van der Waals surface area contributed by atoms with E-state index >= 15 is 0 Å². The number of amides is 1. The molecular formula is C23H16F3NO4. The minimum absolute atomic E-state index is 0.0592. The van der Waals surface area contributed by atoms with E-state index in [0.29, 0.717) is 18.0 Å². The minimum Gasteiger partial charge on any atom is -0.493 e. The topological polar surface area (TPSA) is 51.9 Å². The molecule has 1 amide bonds. The van der Waals surface area contributed by atoms with Gasteiger partial charge >= 0.3 is 6.18 Å². The number of carbonyl (C=O) groups excluding carboxylic acids is 1. The van der Waals surface area contributed by atoms with E-state index in [1.165, 1.54) is 11.0 Å². The quantitative estimate of drug-likeness (QED) is 0.606. The Morgan fingerprint density at radius 3 is 2.65 bits per heavy atom. The van der Waals surface area contributed by atoms with Crippen molar-refractivity contribution in [2.75, 3.05) is 18.1 Å². The Labute approximate surface area is 175 Å². The summed E-state index contributed by atoms with van der Waals surface area (Å²) >= 11 is 0. The Bertz CT molecular complexity index is 1230. The summed E-state index contributed by atoms with van der Waals surface area (Å²) < 4.78 is 55.5. The van der Waals surface area contributed by atoms with Crippen molar-refractivity contribution in [3.05, 3.63) is 76.7 Å². The molecule has 1 unspecified atom stereocenters. The zero-order valence-corrected chi connectivity index (χ0v) is 16.2. The largest absolute Gasteiger partial charge is 0.493 e. The van der Waals surface area contributed by atoms with Crippen LogP contribution in [0.25, 0.3) is 0 Å². The van der Waals surface area contributed by atoms with E-state index in [0.717, 1.165) is 34.9 Å². The Morgan fingerprint density at radius 1 is 1.00 bits per heavy atom. The number of fused-ring (bicyclic) bond motifs is 5. The predicted molar refractivity (Wildman–Crippen MR) is 103 cm³/mol. The second kappa shape index (κ2) is 6.06. The third-order valence-corrected chi connectivity index (χ3v) is 6.22. The minimum atomic E-state index is -4.58. The molecule has 3 aliphatic rings. The number of halogens is 3. The summed E-state index contributed by atoms with van der Waals surface area (Å²) in [5.74, 6) is 0.110. The molecule has 3 aromatic rings. The Morgan fingerprint density at radius 2 is 1.84 bits per heavy atom. The number of benzene rings is 2. The van der Waals surface area contributed by atoms with Crippen LogP contribution in [0.5, 0.6) is 11.5 Å². The lowest BCUT2D eigenvalue weighted by molar-refractivity contribution is -0.153. The Kier molecular flexibility index (Phi) is 3.59. The van der Waals surface area contributed by atoms with Crippen LogP contribution in [0.4, 0.5) is 18.9 Å². The number of ether oxygens (including phenoxy) is 2. The van der Waals surface area contributed by atoms with Gasteiger partial charge in [-0.15, -0.1) is 0 Å². The van der Waals surface area contributed by atoms with E-state index < -0.39 is 17.4 Å². The summed E-state index contributed by atoms with van der Waals surface area (Å²) in [7, 11) is 0. The first kappa shape index (κ1) is 18.4. The number of anilines is 1. The number of carbonyl (C=O) groups is 1. The monoisotopic (exact) mass is 427 g/mol. The Balaban J connectivity index is 1.44. The second-order valence-corrected chi connectivity index (χ2v) is 7.92. The number of nitrogens with zero attached hydrogens (tertiary/aromatic N) is 1. The first-order valence-electron chi connectivity index (χ1n) is 9.88. The van der Waals surface area contributed by atoms with Crippen molar-refractivity contribution in [3.8, 4) is 11.5 Å². The second-order valence-electron chi connectivity index (χ2n) is 7.92. The average molecular weight is 427 g/mol. The van der Waals surface area contributed by atoms with Crippen molar-refractivity contribution in [1.82, 2.24) is 0 Å². The van der Waals surface area contributed by atoms with E-state index in [9.17, 15) is 18.0 Å². The van der Waals surface area contributed by atoms with Gasteiger partial charge in [0, 0.05) is 23.2 Å². The van der Waals surface area contributed by atoms with Crippen molar-refractivity contribution in [1.29, 1.82) is 0 Å². The molecule has 0 aliphatic carbocycles. The number of rotatable bonds is 2. The van der Waals surface area contributed by atoms with Crippen LogP contribution in [0.1, 0.15) is 28.2 Å². The van der Waals surface area contributed by atoms with E-state index in [4.69, 9.17) is 13.9 Å². The van der Waals surface area contributed by atoms with Crippen LogP contribution in [0.15, 0.2) is 52.9 Å². The van der Waals surface area contributed by atoms with Gasteiger partial charge < -0.3 is 18.8 Å². The molecule has 5 nitrogen and oxygen atoms in total. The van der Waals surface area contributed by atoms with Crippen molar-refractivity contribution in [3.63, 3.8) is 0 Å². The van der Waals surface area contributed by atoms with Crippen molar-refractivity contribution in [2.45, 2.75) is 24.6 Å². The van der Waals surface area contributed by atoms with Crippen LogP contribution in [-0.4, -0.2) is 19.1 Å². The van der Waals surface area contributed by atoms with Gasteiger partial charge in [0.25, 0.3) is 0 Å². The summed E-state index contributed by atoms with van der Waals surface area (Å²) in [6.07, 6.45) is -3.79. The van der Waals surface area contributed by atoms with Crippen molar-refractivity contribution < 1.29 is 31.9 Å². The fourth-order valence-electron chi connectivity index (χ4n) is 4.77. The van der Waals surface area contributed by atoms with Gasteiger partial charge in [-0.05, 0) is 35.9 Å². The molecule has 0 saturated carbocycles. The molecule has 2 aromatic carbocycles. The Hall–Kier alpha value is -3.42. The highest BCUT2D eigenvalue weighted by Gasteiger charge is 2.57. The molecule has 1 atom stereocenters. The molecule has 0 N–H and O–H groups in total. The lowest BCUT2D eigenvalue weighted by Crippen LogP contribution is -2.42. The number of hydrogen-bond donors (Lipinski definition) is 0. The molecule has 1 spiro atoms. The van der Waals surface area contributed by atoms with Gasteiger partial charge in [0.1, 0.15) is 29.3 Å². The maximum absolute atomic E-state index is 13.8. The summed E-state index contributed by atoms with van der Waals surface area (Å²) in [6, 6.07) is 13.2. The number of furan rings is 1. The van der Waals surface area contributed by atoms with Crippen molar-refractivity contribution >= 4 is 11.6 Å². The van der Waals surface area contributed by atoms with Gasteiger partial charge in [0.05, 0.1) is 13.2 Å². The molecule has 8 heteroatoms. The van der Waals surface area contributed by atoms with E-state index in [1.807, 2.05) is 24.3 Å². The third-order valence-electron chi connectivity index (χ3n) is 6.22. The first-order valence-corrected chi connectivity index (χ1v) is 9.88. The fraction of sp³-hybridized carbons (Fsp3) is 0.261. The van der Waals surface area contributed by atoms with Crippen LogP contribution in [-0.2, 0) is 29.4 Å². The molecule has 0 bridgehead atoms. The number of para-hydroxylation sites is 1. The highest BCUT2D eigenvalue weighted by Crippen LogP contribution is 2.54. The molecular weight excluding hydrogens is 411 g/mol. The summed E-state index contributed by atoms with van der Waals surface area (Å²) in [5.41, 5.74) is 2.10. The van der Waals surface area contributed by atoms with E-state index in [1.54, 1.807) is 12.1 Å². The third kappa shape index (κ3) is 2.47. The van der Waals surface area contributed by atoms with Crippen LogP contribution in [0, 0.1) is 0 Å². The normalized spacial score (nSPS) is 21.1. The first-order chi connectivity index (χ1) is 14.9. The molecule has 31 heavy (non-hydrogen) atoms. The SMILES string of the molecule is O=C1N(Cc2ccc(C(F)(F)F)o2)c2ccccc2C12COc1cc3c(cc12)OCC3. The van der Waals surface area contributed by atoms with E-state index in [-0.39, 0.29) is 24.8 Å². The predicted octanol–water partition coefficient (Wildman–Crippen LogP) is 4.46. The highest BCUT2D eigenvalue weighted by atomic mass is 19.4. The van der Waals surface area contributed by atoms with Gasteiger partial charge in [-0.1, -0.05) is 18.2 Å². The molecule has 0 radical (unpaired) electrons. The van der Waals surface area contributed by atoms with Crippen LogP contribution < -0.4 is 14.4 Å². The molecule has 0 fully saturated rings. The fourth-order valence-corrected chi connectivity index (χ4v) is 4.77. The standard InChI is InChI=1S/C23H16F3NO4/c24-23(25,26)20-6-5-14(31-20)11-27-17-4-2-1-3-15(17)22(21(27)28)12-30-19-9-13-7-8-29-18(13)10-16(19)22/h1-6,9-10H,7-8,11-12H2. The molecule has 0 saturated heterocycles. The van der Waals surface area contributed by atoms with Crippen LogP contribution in [0.2, 0.25) is 0 Å². The van der Waals surface area contributed by atoms with Crippen LogP contribution >= 0.6 is 0 Å². The van der Waals surface area contributed by atoms with Gasteiger partial charge in [0.15, 0.2) is 0 Å². The summed E-state index contributed by atoms with van der Waals surface area (Å²) in [5, 5.41) is 0. The van der Waals surface area contributed by atoms with Gasteiger partial charge in [0.2, 0.25) is 11.7 Å². The number of hydrogen-bond acceptors (Lipinski definition) is 4. The summed E-state index contributed by atoms with van der Waals surface area (Å²) in [4.78, 5) is 15.3. The van der Waals surface area contributed by atoms with Gasteiger partial charge in [-0.2, -0.15) is 13.2 Å². The van der Waals surface area contributed by atoms with Gasteiger partial charge in [-0.25, -0.2) is 0 Å². The molecule has 6 rings (SSSR count).